The summed E-state index contributed by atoms with van der Waals surface area (Å²) >= 11 is 3.47. The zero-order chi connectivity index (χ0) is 75.1. The largest absolute Gasteiger partial charge is 0.455 e. The van der Waals surface area contributed by atoms with Crippen LogP contribution in [0.25, 0.3) is 195 Å². The highest BCUT2D eigenvalue weighted by Gasteiger charge is 2.22. The molecule has 0 aliphatic heterocycles. The van der Waals surface area contributed by atoms with Crippen molar-refractivity contribution in [2.24, 2.45) is 0 Å². The predicted molar refractivity (Wildman–Crippen MR) is 481 cm³/mol. The molecule has 1 aliphatic rings. The number of fused-ring (bicyclic) bond motifs is 12. The van der Waals surface area contributed by atoms with E-state index >= 15 is 0 Å². The zero-order valence-electron chi connectivity index (χ0n) is 62.4. The lowest BCUT2D eigenvalue weighted by Crippen LogP contribution is -1.96. The van der Waals surface area contributed by atoms with Gasteiger partial charge in [-0.3, -0.25) is 0 Å². The van der Waals surface area contributed by atoms with Crippen LogP contribution in [-0.4, -0.2) is 41.3 Å². The van der Waals surface area contributed by atoms with Gasteiger partial charge >= 0.3 is 0 Å². The average Bonchev–Trinajstić information content (AvgIpc) is 1.56. The van der Waals surface area contributed by atoms with Gasteiger partial charge in [-0.2, -0.15) is 0 Å². The lowest BCUT2D eigenvalue weighted by molar-refractivity contribution is 0.669. The van der Waals surface area contributed by atoms with Gasteiger partial charge in [-0.15, -0.1) is 0 Å². The Morgan fingerprint density at radius 1 is 0.235 bits per heavy atom. The molecule has 5 heterocycles. The fourth-order valence-electron chi connectivity index (χ4n) is 15.9. The first-order valence-corrected chi connectivity index (χ1v) is 38.8. The van der Waals surface area contributed by atoms with Gasteiger partial charge in [0, 0.05) is 104 Å². The summed E-state index contributed by atoms with van der Waals surface area (Å²) in [4.78, 5) is 20.0. The molecule has 0 bridgehead atoms. The number of nitrogens with zero attached hydrogens (tertiary/aromatic N) is 5. The van der Waals surface area contributed by atoms with Gasteiger partial charge in [-0.05, 0) is 135 Å². The van der Waals surface area contributed by atoms with Gasteiger partial charge < -0.3 is 13.4 Å². The number of benzene rings is 16. The molecule has 7 nitrogen and oxygen atoms in total. The van der Waals surface area contributed by atoms with Gasteiger partial charge in [-0.25, -0.2) is 19.9 Å². The molecular formula is C105H68B2BrN5O2. The highest BCUT2D eigenvalue weighted by molar-refractivity contribution is 9.10. The summed E-state index contributed by atoms with van der Waals surface area (Å²) in [5.74, 6) is 1.44. The SMILES string of the molecule is Brc1ccc(-c2cccc3c2oc2ccccc23)cc1.[B].[B].c1ccc(-c2cc(-c3ccccc3)nc(-c3ccc(-c4ccc5c(c4)-c4ccccc4C5)cc3)n2)cc1.c1ccc(-c2cc(-c3ccccc3)nc(-c3ccc(-c4ccc5c(c4)c4ccccc4n5-c4ccc(-c5cccc6c5oc5ccccc56)cc4)cc3)n2)cc1. The minimum Gasteiger partial charge on any atom is -0.455 e. The Bertz CT molecular complexity index is 7000. The summed E-state index contributed by atoms with van der Waals surface area (Å²) in [5, 5.41) is 7.04. The highest BCUT2D eigenvalue weighted by Crippen LogP contribution is 2.43. The Morgan fingerprint density at radius 2 is 0.591 bits per heavy atom. The van der Waals surface area contributed by atoms with E-state index in [9.17, 15) is 0 Å². The van der Waals surface area contributed by atoms with Crippen LogP contribution in [0.15, 0.2) is 414 Å². The standard InChI is InChI=1S/C52H33N3O.C35H24N2.C18H11BrO.2B/c1-3-12-36(13-4-1)46-33-47(37-14-5-2-6-15-37)54-52(53-46)38-24-22-34(23-25-38)39-28-31-49-45(32-39)42-16-7-9-20-48(42)55(49)40-29-26-35(27-30-40)41-18-11-19-44-43-17-8-10-21-50(43)56-51(41)44;1-3-9-25(10-4-1)33-23-34(26-11-5-2-6-12-26)37-35(36-33)27-17-15-24(16-18-27)28-19-20-30-21-29-13-7-8-14-31(29)32(30)22-28;19-13-10-8-12(9-11-13)14-5-3-6-16-15-4-1-2-7-17(15)20-18(14)16;;/h1-33H;1-20,22-23H,21H2;1-11H;;. The van der Waals surface area contributed by atoms with E-state index in [1.54, 1.807) is 0 Å². The number of hydrogen-bond acceptors (Lipinski definition) is 6. The van der Waals surface area contributed by atoms with Gasteiger partial charge in [0.05, 0.1) is 33.8 Å². The normalized spacial score (nSPS) is 11.3. The summed E-state index contributed by atoms with van der Waals surface area (Å²) < 4.78 is 15.9. The maximum atomic E-state index is 6.36. The van der Waals surface area contributed by atoms with Gasteiger partial charge in [0.15, 0.2) is 11.6 Å². The molecule has 0 atom stereocenters. The van der Waals surface area contributed by atoms with Crippen LogP contribution < -0.4 is 0 Å². The van der Waals surface area contributed by atoms with Crippen molar-refractivity contribution in [3.63, 3.8) is 0 Å². The third kappa shape index (κ3) is 14.1. The van der Waals surface area contributed by atoms with Crippen molar-refractivity contribution in [1.82, 2.24) is 24.5 Å². The maximum absolute atomic E-state index is 6.36. The summed E-state index contributed by atoms with van der Waals surface area (Å²) in [6, 6.07) is 140. The molecule has 0 saturated heterocycles. The summed E-state index contributed by atoms with van der Waals surface area (Å²) in [5.41, 5.74) is 31.8. The Morgan fingerprint density at radius 3 is 1.09 bits per heavy atom. The molecule has 1 aliphatic carbocycles. The smallest absolute Gasteiger partial charge is 0.160 e. The first kappa shape index (κ1) is 72.2. The molecule has 0 N–H and O–H groups in total. The second-order valence-corrected chi connectivity index (χ2v) is 29.4. The molecular weight excluding hydrogens is 1460 g/mol. The van der Waals surface area contributed by atoms with Crippen molar-refractivity contribution in [2.75, 3.05) is 0 Å². The fraction of sp³-hybridized carbons (Fsp3) is 0.00952. The molecule has 10 heteroatoms. The zero-order valence-corrected chi connectivity index (χ0v) is 64.0. The molecule has 0 saturated carbocycles. The number of furan rings is 2. The summed E-state index contributed by atoms with van der Waals surface area (Å²) in [6.45, 7) is 0. The first-order chi connectivity index (χ1) is 55.9. The van der Waals surface area contributed by atoms with Gasteiger partial charge in [0.25, 0.3) is 0 Å². The molecule has 21 aromatic rings. The summed E-state index contributed by atoms with van der Waals surface area (Å²) in [7, 11) is 0. The van der Waals surface area contributed by atoms with E-state index in [-0.39, 0.29) is 16.8 Å². The van der Waals surface area contributed by atoms with E-state index < -0.39 is 0 Å². The van der Waals surface area contributed by atoms with Crippen molar-refractivity contribution in [1.29, 1.82) is 0 Å². The number of aromatic nitrogens is 5. The molecule has 0 fully saturated rings. The van der Waals surface area contributed by atoms with Crippen LogP contribution in [0.2, 0.25) is 0 Å². The Hall–Kier alpha value is -14.3. The van der Waals surface area contributed by atoms with Crippen LogP contribution in [0, 0.1) is 0 Å². The van der Waals surface area contributed by atoms with Gasteiger partial charge in [0.2, 0.25) is 0 Å². The molecule has 5 aromatic heterocycles. The Kier molecular flexibility index (Phi) is 19.8. The van der Waals surface area contributed by atoms with E-state index in [0.717, 1.165) is 145 Å². The van der Waals surface area contributed by atoms with Crippen molar-refractivity contribution < 1.29 is 8.83 Å². The van der Waals surface area contributed by atoms with Crippen LogP contribution in [0.1, 0.15) is 11.1 Å². The van der Waals surface area contributed by atoms with Crippen LogP contribution in [-0.2, 0) is 6.42 Å². The number of hydrogen-bond donors (Lipinski definition) is 0. The quantitative estimate of drug-likeness (QED) is 0.120. The van der Waals surface area contributed by atoms with Gasteiger partial charge in [-0.1, -0.05) is 344 Å². The Balaban J connectivity index is 0.000000133. The minimum absolute atomic E-state index is 0. The summed E-state index contributed by atoms with van der Waals surface area (Å²) in [6.07, 6.45) is 1.02. The van der Waals surface area contributed by atoms with E-state index in [0.29, 0.717) is 5.82 Å². The number of para-hydroxylation sites is 5. The molecule has 16 aromatic carbocycles. The monoisotopic (exact) mass is 1530 g/mol. The fourth-order valence-corrected chi connectivity index (χ4v) is 16.2. The lowest BCUT2D eigenvalue weighted by atomic mass is 9.98. The van der Waals surface area contributed by atoms with Crippen LogP contribution >= 0.6 is 15.9 Å². The van der Waals surface area contributed by atoms with Crippen molar-refractivity contribution in [2.45, 2.75) is 6.42 Å². The van der Waals surface area contributed by atoms with E-state index in [4.69, 9.17) is 28.8 Å². The van der Waals surface area contributed by atoms with E-state index in [1.165, 1.54) is 66.0 Å². The topological polar surface area (TPSA) is 82.8 Å². The first-order valence-electron chi connectivity index (χ1n) is 38.0. The Labute approximate surface area is 678 Å². The molecule has 0 spiro atoms. The predicted octanol–water partition coefficient (Wildman–Crippen LogP) is 27.8. The highest BCUT2D eigenvalue weighted by atomic mass is 79.9. The molecule has 6 radical (unpaired) electrons. The van der Waals surface area contributed by atoms with E-state index in [1.807, 2.05) is 103 Å². The molecule has 0 unspecified atom stereocenters. The van der Waals surface area contributed by atoms with Gasteiger partial charge in [0.1, 0.15) is 22.3 Å². The molecule has 22 rings (SSSR count). The number of halogens is 1. The molecule has 0 amide bonds. The minimum atomic E-state index is 0. The van der Waals surface area contributed by atoms with Crippen LogP contribution in [0.4, 0.5) is 0 Å². The molecule has 115 heavy (non-hydrogen) atoms. The van der Waals surface area contributed by atoms with Crippen LogP contribution in [0.3, 0.4) is 0 Å². The number of rotatable bonds is 11. The molecule has 538 valence electrons. The average molecular weight is 1530 g/mol. The van der Waals surface area contributed by atoms with E-state index in [2.05, 4.69) is 318 Å². The second-order valence-electron chi connectivity index (χ2n) is 28.4. The second kappa shape index (κ2) is 31.5. The third-order valence-corrected chi connectivity index (χ3v) is 22.1. The third-order valence-electron chi connectivity index (χ3n) is 21.6. The lowest BCUT2D eigenvalue weighted by Gasteiger charge is -2.11. The van der Waals surface area contributed by atoms with Crippen molar-refractivity contribution in [3.8, 4) is 129 Å². The van der Waals surface area contributed by atoms with Crippen LogP contribution in [0.5, 0.6) is 0 Å². The van der Waals surface area contributed by atoms with Crippen molar-refractivity contribution >= 4 is 98.4 Å². The maximum Gasteiger partial charge on any atom is 0.160 e. The van der Waals surface area contributed by atoms with Crippen molar-refractivity contribution in [3.05, 3.63) is 416 Å².